The molecule has 3 unspecified atom stereocenters. The molecule has 3 atom stereocenters. The molecule has 0 spiro atoms. The van der Waals surface area contributed by atoms with E-state index in [4.69, 9.17) is 9.05 Å². The van der Waals surface area contributed by atoms with Crippen LogP contribution in [0.4, 0.5) is 0 Å². The molecule has 0 rings (SSSR count). The van der Waals surface area contributed by atoms with Crippen molar-refractivity contribution in [3.63, 3.8) is 0 Å². The van der Waals surface area contributed by atoms with Gasteiger partial charge in [0.25, 0.3) is 0 Å². The number of aliphatic hydroxyl groups excluding tert-OH is 1. The van der Waals surface area contributed by atoms with Crippen molar-refractivity contribution >= 4 is 13.7 Å². The Morgan fingerprint density at radius 2 is 0.682 bits per heavy atom. The molecule has 0 saturated carbocycles. The van der Waals surface area contributed by atoms with Gasteiger partial charge < -0.3 is 19.8 Å². The lowest BCUT2D eigenvalue weighted by atomic mass is 10.0. The van der Waals surface area contributed by atoms with E-state index in [2.05, 4.69) is 55.6 Å². The normalized spacial score (nSPS) is 13.8. The van der Waals surface area contributed by atoms with Crippen LogP contribution < -0.4 is 5.32 Å². The Kier molecular flexibility index (Phi) is 65.7. The smallest absolute Gasteiger partial charge is 0.387 e. The third-order valence-electron chi connectivity index (χ3n) is 17.3. The Bertz CT molecular complexity index is 1530. The van der Waals surface area contributed by atoms with Gasteiger partial charge in [-0.2, -0.15) is 0 Å². The highest BCUT2D eigenvalue weighted by Crippen LogP contribution is 2.43. The van der Waals surface area contributed by atoms with Crippen molar-refractivity contribution in [2.24, 2.45) is 0 Å². The molecule has 0 aliphatic carbocycles. The summed E-state index contributed by atoms with van der Waals surface area (Å²) in [6.45, 7) is 4.84. The first kappa shape index (κ1) is 83.5. The van der Waals surface area contributed by atoms with Gasteiger partial charge in [0.2, 0.25) is 5.91 Å². The van der Waals surface area contributed by atoms with E-state index in [1.807, 2.05) is 27.2 Å². The fourth-order valence-electron chi connectivity index (χ4n) is 11.4. The van der Waals surface area contributed by atoms with Gasteiger partial charge >= 0.3 is 7.82 Å². The molecule has 0 aromatic heterocycles. The molecular formula is C76H148N2O6P+. The fourth-order valence-corrected chi connectivity index (χ4v) is 12.2. The summed E-state index contributed by atoms with van der Waals surface area (Å²) < 4.78 is 23.8. The molecule has 85 heavy (non-hydrogen) atoms. The van der Waals surface area contributed by atoms with Crippen molar-refractivity contribution in [1.82, 2.24) is 5.32 Å². The van der Waals surface area contributed by atoms with Crippen LogP contribution in [0.25, 0.3) is 0 Å². The molecule has 0 aliphatic rings. The summed E-state index contributed by atoms with van der Waals surface area (Å²) in [5.74, 6) is -0.179. The number of hydrogen-bond donors (Lipinski definition) is 3. The van der Waals surface area contributed by atoms with Crippen molar-refractivity contribution in [3.8, 4) is 0 Å². The molecule has 1 amide bonds. The molecular weight excluding hydrogens is 1070 g/mol. The first-order valence-corrected chi connectivity index (χ1v) is 39.0. The van der Waals surface area contributed by atoms with Gasteiger partial charge in [0.15, 0.2) is 0 Å². The van der Waals surface area contributed by atoms with Gasteiger partial charge in [0.1, 0.15) is 13.2 Å². The minimum absolute atomic E-state index is 0.0578. The standard InChI is InChI=1S/C76H147N2O6P/c1-6-8-10-12-14-16-18-20-22-24-26-28-30-32-34-35-36-37-38-39-40-41-42-43-44-46-48-50-52-54-56-58-60-62-64-66-68-70-76(80)77-74(73-84-85(81,82)83-72-71-78(3,4)5)75(79)69-67-65-63-61-59-57-55-53-51-49-47-45-33-31-29-27-25-23-21-19-17-15-13-11-9-7-2/h18,20,24,26,59,61,67,69,74-75,79H,6-17,19,21-23,25,27-58,60,62-66,68,70-73H2,1-5H3,(H-,77,80,81,82)/p+1/b20-18-,26-24-,61-59+,69-67+. The van der Waals surface area contributed by atoms with Crippen molar-refractivity contribution in [2.75, 3.05) is 40.9 Å². The average molecular weight is 1220 g/mol. The minimum atomic E-state index is -4.36. The maximum absolute atomic E-state index is 13.1. The van der Waals surface area contributed by atoms with Crippen LogP contribution in [0.15, 0.2) is 48.6 Å². The van der Waals surface area contributed by atoms with Crippen LogP contribution >= 0.6 is 7.82 Å². The Morgan fingerprint density at radius 3 is 1.01 bits per heavy atom. The predicted octanol–water partition coefficient (Wildman–Crippen LogP) is 24.2. The minimum Gasteiger partial charge on any atom is -0.387 e. The number of rotatable bonds is 70. The number of unbranched alkanes of at least 4 members (excludes halogenated alkanes) is 51. The predicted molar refractivity (Wildman–Crippen MR) is 374 cm³/mol. The quantitative estimate of drug-likeness (QED) is 0.0243. The number of nitrogens with one attached hydrogen (secondary N) is 1. The zero-order chi connectivity index (χ0) is 61.9. The van der Waals surface area contributed by atoms with Crippen LogP contribution in [0.1, 0.15) is 380 Å². The second-order valence-corrected chi connectivity index (χ2v) is 28.5. The second-order valence-electron chi connectivity index (χ2n) is 27.0. The maximum Gasteiger partial charge on any atom is 0.472 e. The lowest BCUT2D eigenvalue weighted by molar-refractivity contribution is -0.870. The van der Waals surface area contributed by atoms with Gasteiger partial charge in [-0.1, -0.05) is 358 Å². The van der Waals surface area contributed by atoms with Crippen LogP contribution in [0.3, 0.4) is 0 Å². The molecule has 0 fully saturated rings. The van der Waals surface area contributed by atoms with E-state index >= 15 is 0 Å². The topological polar surface area (TPSA) is 105 Å². The van der Waals surface area contributed by atoms with E-state index < -0.39 is 20.0 Å². The Hall–Kier alpha value is -1.54. The summed E-state index contributed by atoms with van der Waals surface area (Å²) in [6.07, 6.45) is 91.5. The van der Waals surface area contributed by atoms with Crippen LogP contribution in [0.5, 0.6) is 0 Å². The van der Waals surface area contributed by atoms with Crippen molar-refractivity contribution in [1.29, 1.82) is 0 Å². The largest absolute Gasteiger partial charge is 0.472 e. The highest BCUT2D eigenvalue weighted by Gasteiger charge is 2.28. The number of nitrogens with zero attached hydrogens (tertiary/aromatic N) is 1. The van der Waals surface area contributed by atoms with Crippen LogP contribution in [-0.2, 0) is 18.4 Å². The third-order valence-corrected chi connectivity index (χ3v) is 18.3. The maximum atomic E-state index is 13.1. The van der Waals surface area contributed by atoms with Crippen LogP contribution in [0.2, 0.25) is 0 Å². The SMILES string of the molecule is CCCCCCC/C=C\C/C=C\CCCCCCCCCCCCCCCCCCCCCCCCCCCC(=O)NC(COP(=O)(O)OCC[N+](C)(C)C)C(O)/C=C/CC/C=C/CCCCCCCCCCCCCCCCCCCCCC. The lowest BCUT2D eigenvalue weighted by Gasteiger charge is -2.25. The third kappa shape index (κ3) is 69.8. The zero-order valence-electron chi connectivity index (χ0n) is 57.6. The van der Waals surface area contributed by atoms with Crippen molar-refractivity contribution < 1.29 is 32.9 Å². The number of amides is 1. The highest BCUT2D eigenvalue weighted by atomic mass is 31.2. The summed E-state index contributed by atoms with van der Waals surface area (Å²) in [4.78, 5) is 23.4. The van der Waals surface area contributed by atoms with Crippen LogP contribution in [0, 0.1) is 0 Å². The van der Waals surface area contributed by atoms with E-state index in [0.717, 1.165) is 44.9 Å². The molecule has 0 heterocycles. The number of carbonyl (C=O) groups is 1. The van der Waals surface area contributed by atoms with E-state index in [9.17, 15) is 19.4 Å². The fraction of sp³-hybridized carbons (Fsp3) is 0.882. The summed E-state index contributed by atoms with van der Waals surface area (Å²) >= 11 is 0. The molecule has 8 nitrogen and oxygen atoms in total. The molecule has 0 aromatic rings. The molecule has 9 heteroatoms. The number of quaternary nitrogens is 1. The number of phosphoric acid groups is 1. The summed E-state index contributed by atoms with van der Waals surface area (Å²) in [7, 11) is 1.57. The number of phosphoric ester groups is 1. The van der Waals surface area contributed by atoms with Gasteiger partial charge in [-0.15, -0.1) is 0 Å². The van der Waals surface area contributed by atoms with E-state index in [-0.39, 0.29) is 19.1 Å². The van der Waals surface area contributed by atoms with E-state index in [1.54, 1.807) is 6.08 Å². The number of allylic oxidation sites excluding steroid dienone is 7. The average Bonchev–Trinajstić information content (AvgIpc) is 3.49. The summed E-state index contributed by atoms with van der Waals surface area (Å²) in [6, 6.07) is -0.864. The molecule has 0 aliphatic heterocycles. The Labute approximate surface area is 530 Å². The first-order chi connectivity index (χ1) is 41.5. The number of carbonyl (C=O) groups excluding carboxylic acids is 1. The van der Waals surface area contributed by atoms with Gasteiger partial charge in [-0.3, -0.25) is 13.8 Å². The highest BCUT2D eigenvalue weighted by molar-refractivity contribution is 7.47. The van der Waals surface area contributed by atoms with Gasteiger partial charge in [-0.05, 0) is 64.2 Å². The molecule has 502 valence electrons. The molecule has 0 bridgehead atoms. The Morgan fingerprint density at radius 1 is 0.400 bits per heavy atom. The summed E-state index contributed by atoms with van der Waals surface area (Å²) in [5, 5.41) is 14.0. The number of likely N-dealkylation sites (N-methyl/N-ethyl adjacent to an activating group) is 1. The van der Waals surface area contributed by atoms with Gasteiger partial charge in [0, 0.05) is 6.42 Å². The zero-order valence-corrected chi connectivity index (χ0v) is 58.5. The van der Waals surface area contributed by atoms with E-state index in [0.29, 0.717) is 17.4 Å². The van der Waals surface area contributed by atoms with E-state index in [1.165, 1.54) is 315 Å². The molecule has 0 radical (unpaired) electrons. The second kappa shape index (κ2) is 66.9. The van der Waals surface area contributed by atoms with Crippen molar-refractivity contribution in [3.05, 3.63) is 48.6 Å². The monoisotopic (exact) mass is 1220 g/mol. The first-order valence-electron chi connectivity index (χ1n) is 37.5. The Balaban J connectivity index is 3.99. The number of aliphatic hydroxyl groups is 1. The summed E-state index contributed by atoms with van der Waals surface area (Å²) in [5.41, 5.74) is 0. The molecule has 0 saturated heterocycles. The lowest BCUT2D eigenvalue weighted by Crippen LogP contribution is -2.45. The molecule has 0 aromatic carbocycles. The number of hydrogen-bond acceptors (Lipinski definition) is 5. The molecule has 3 N–H and O–H groups in total. The van der Waals surface area contributed by atoms with Gasteiger partial charge in [0.05, 0.1) is 39.9 Å². The van der Waals surface area contributed by atoms with Crippen LogP contribution in [-0.4, -0.2) is 73.4 Å². The van der Waals surface area contributed by atoms with Crippen molar-refractivity contribution in [2.45, 2.75) is 392 Å². The van der Waals surface area contributed by atoms with Gasteiger partial charge in [-0.25, -0.2) is 4.57 Å².